The van der Waals surface area contributed by atoms with Crippen LogP contribution in [0.5, 0.6) is 11.5 Å². The first-order chi connectivity index (χ1) is 26.8. The second-order valence-corrected chi connectivity index (χ2v) is 15.3. The van der Waals surface area contributed by atoms with Crippen LogP contribution in [0, 0.1) is 5.92 Å². The number of amides is 3. The lowest BCUT2D eigenvalue weighted by Crippen LogP contribution is -2.71. The topological polar surface area (TPSA) is 301 Å². The number of oxime groups is 1. The molecule has 3 aliphatic heterocycles. The van der Waals surface area contributed by atoms with E-state index in [2.05, 4.69) is 20.8 Å². The number of thiazole rings is 1. The summed E-state index contributed by atoms with van der Waals surface area (Å²) in [5.41, 5.74) is 5.61. The lowest BCUT2D eigenvalue weighted by atomic mass is 9.94. The number of benzene rings is 1. The van der Waals surface area contributed by atoms with Gasteiger partial charge >= 0.3 is 24.1 Å². The Morgan fingerprint density at radius 1 is 1.16 bits per heavy atom. The number of carboxylic acid groups (broad SMARTS) is 3. The van der Waals surface area contributed by atoms with Crippen LogP contribution in [0.25, 0.3) is 0 Å². The first kappa shape index (κ1) is 44.7. The third-order valence-corrected chi connectivity index (χ3v) is 11.5. The third-order valence-electron chi connectivity index (χ3n) is 8.10. The Bertz CT molecular complexity index is 1960. The predicted molar refractivity (Wildman–Crippen MR) is 197 cm³/mol. The first-order valence-corrected chi connectivity index (χ1v) is 19.6. The molecule has 1 aromatic heterocycles. The van der Waals surface area contributed by atoms with Gasteiger partial charge in [-0.3, -0.25) is 19.3 Å². The van der Waals surface area contributed by atoms with E-state index in [0.29, 0.717) is 37.4 Å². The number of nitrogens with two attached hydrogens (primary N) is 1. The fourth-order valence-corrected chi connectivity index (χ4v) is 8.47. The largest absolute Gasteiger partial charge is 0.504 e. The summed E-state index contributed by atoms with van der Waals surface area (Å²) in [6, 6.07) is 1.28. The van der Waals surface area contributed by atoms with Gasteiger partial charge in [0.1, 0.15) is 22.8 Å². The number of nitrogens with one attached hydrogen (secondary N) is 2. The van der Waals surface area contributed by atoms with Crippen LogP contribution in [-0.2, 0) is 33.5 Å². The highest BCUT2D eigenvalue weighted by Gasteiger charge is 2.54. The van der Waals surface area contributed by atoms with Crippen LogP contribution in [0.4, 0.5) is 18.3 Å². The number of rotatable bonds is 14. The Labute approximate surface area is 336 Å². The third kappa shape index (κ3) is 11.1. The van der Waals surface area contributed by atoms with Crippen molar-refractivity contribution >= 4 is 92.9 Å². The number of carboxylic acids is 3. The van der Waals surface area contributed by atoms with Gasteiger partial charge in [0.15, 0.2) is 22.3 Å². The van der Waals surface area contributed by atoms with Crippen LogP contribution < -0.4 is 16.4 Å². The van der Waals surface area contributed by atoms with Crippen LogP contribution in [0.1, 0.15) is 28.9 Å². The maximum absolute atomic E-state index is 13.5. The first-order valence-electron chi connectivity index (χ1n) is 16.2. The van der Waals surface area contributed by atoms with E-state index in [4.69, 9.17) is 36.8 Å². The zero-order chi connectivity index (χ0) is 42.2. The summed E-state index contributed by atoms with van der Waals surface area (Å²) in [4.78, 5) is 82.9. The van der Waals surface area contributed by atoms with Crippen molar-refractivity contribution in [3.8, 4) is 11.5 Å². The van der Waals surface area contributed by atoms with Crippen LogP contribution in [-0.4, -0.2) is 137 Å². The molecule has 0 saturated carbocycles. The van der Waals surface area contributed by atoms with E-state index in [1.807, 2.05) is 0 Å². The summed E-state index contributed by atoms with van der Waals surface area (Å²) in [6.45, 7) is 0.879. The summed E-state index contributed by atoms with van der Waals surface area (Å²) in [5, 5.41) is 55.7. The lowest BCUT2D eigenvalue weighted by molar-refractivity contribution is -0.192. The van der Waals surface area contributed by atoms with Gasteiger partial charge in [0.2, 0.25) is 6.10 Å². The van der Waals surface area contributed by atoms with Gasteiger partial charge in [-0.15, -0.1) is 23.1 Å². The summed E-state index contributed by atoms with van der Waals surface area (Å²) in [5.74, 6) is -8.13. The molecule has 2 saturated heterocycles. The number of phenolic OH excluding ortho intramolecular Hbond substituents is 2. The van der Waals surface area contributed by atoms with Crippen molar-refractivity contribution in [1.82, 2.24) is 20.5 Å². The van der Waals surface area contributed by atoms with E-state index in [9.17, 15) is 57.6 Å². The van der Waals surface area contributed by atoms with Gasteiger partial charge in [-0.2, -0.15) is 24.9 Å². The Kier molecular flexibility index (Phi) is 15.3. The molecule has 26 heteroatoms. The fourth-order valence-electron chi connectivity index (χ4n) is 5.32. The molecule has 0 aliphatic carbocycles. The molecule has 3 atom stereocenters. The average Bonchev–Trinajstić information content (AvgIpc) is 3.59. The monoisotopic (exact) mass is 884 g/mol. The highest BCUT2D eigenvalue weighted by atomic mass is 35.5. The second-order valence-electron chi connectivity index (χ2n) is 11.8. The van der Waals surface area contributed by atoms with Crippen LogP contribution in [0.3, 0.4) is 0 Å². The lowest BCUT2D eigenvalue weighted by Gasteiger charge is -2.49. The molecule has 57 heavy (non-hydrogen) atoms. The van der Waals surface area contributed by atoms with Crippen molar-refractivity contribution in [2.45, 2.75) is 36.5 Å². The molecule has 9 N–H and O–H groups in total. The normalized spacial score (nSPS) is 19.0. The van der Waals surface area contributed by atoms with Crippen molar-refractivity contribution in [2.24, 2.45) is 11.1 Å². The number of aliphatic carboxylic acids is 3. The van der Waals surface area contributed by atoms with Crippen molar-refractivity contribution < 1.29 is 77.0 Å². The van der Waals surface area contributed by atoms with Gasteiger partial charge < -0.3 is 51.5 Å². The fraction of sp³-hybridized carbons (Fsp3) is 0.419. The van der Waals surface area contributed by atoms with E-state index < -0.39 is 82.5 Å². The zero-order valence-electron chi connectivity index (χ0n) is 28.9. The summed E-state index contributed by atoms with van der Waals surface area (Å²) in [6.07, 6.45) is -5.61. The molecule has 2 aromatic rings. The molecule has 2 fully saturated rings. The van der Waals surface area contributed by atoms with E-state index in [1.54, 1.807) is 0 Å². The molecule has 310 valence electrons. The number of alkyl halides is 3. The summed E-state index contributed by atoms with van der Waals surface area (Å²) >= 11 is 9.51. The molecule has 19 nitrogen and oxygen atoms in total. The molecule has 1 aromatic carbocycles. The Balaban J connectivity index is 0.000000940. The van der Waals surface area contributed by atoms with Gasteiger partial charge in [0.25, 0.3) is 17.7 Å². The van der Waals surface area contributed by atoms with Crippen molar-refractivity contribution in [2.75, 3.05) is 42.8 Å². The van der Waals surface area contributed by atoms with E-state index >= 15 is 0 Å². The highest BCUT2D eigenvalue weighted by molar-refractivity contribution is 8.01. The maximum atomic E-state index is 13.5. The zero-order valence-corrected chi connectivity index (χ0v) is 32.1. The molecule has 4 heterocycles. The number of fused-ring (bicyclic) bond motifs is 1. The number of β-lactam (4-membered cyclic amide) rings is 1. The molecule has 5 rings (SSSR count). The molecular formula is C31H32ClF3N6O13S3. The van der Waals surface area contributed by atoms with Crippen molar-refractivity contribution in [1.29, 1.82) is 0 Å². The summed E-state index contributed by atoms with van der Waals surface area (Å²) in [7, 11) is 0. The summed E-state index contributed by atoms with van der Waals surface area (Å²) < 4.78 is 37.0. The molecular weight excluding hydrogens is 853 g/mol. The number of hydrogen-bond donors (Lipinski definition) is 8. The number of carbonyl (C=O) groups is 6. The number of aromatic nitrogens is 1. The Morgan fingerprint density at radius 3 is 2.40 bits per heavy atom. The van der Waals surface area contributed by atoms with Crippen LogP contribution in [0.2, 0.25) is 5.02 Å². The van der Waals surface area contributed by atoms with Gasteiger partial charge in [0, 0.05) is 48.3 Å². The number of anilines is 1. The minimum Gasteiger partial charge on any atom is -0.504 e. The SMILES string of the molecule is Nc1nc(/C(=N/OC(C(=O)O)C2CCOCC2)C(=O)N[C@@H]2C(=O)N3C(C(=O)O)=C(CSCCNC(=O)c4ccc(O)c(O)c4Cl)CS[C@H]23)cs1.O=C(O)C(F)(F)F. The van der Waals surface area contributed by atoms with Crippen molar-refractivity contribution in [3.63, 3.8) is 0 Å². The van der Waals surface area contributed by atoms with E-state index in [-0.39, 0.29) is 45.2 Å². The number of thioether (sulfide) groups is 2. The molecule has 0 bridgehead atoms. The number of aromatic hydroxyl groups is 2. The standard InChI is InChI=1S/C29H31ClN6O11S3.C2HF3O2/c30-17-14(1-2-16(37)21(17)38)23(39)32-5-8-48-9-13-10-49-26-19(25(41)36(26)20(13)27(42)43)34-24(40)18(15-11-50-29(31)33-15)35-47-22(28(44)45)12-3-6-46-7-4-12;3-2(4,5)1(6)7/h1-2,11-12,19,22,26,37-38H,3-10H2,(H2,31,33)(H,32,39)(H,34,40)(H,42,43)(H,44,45);(H,6,7)/b35-18-;/t19-,22?,26-;/m1./s1. The quantitative estimate of drug-likeness (QED) is 0.0442. The highest BCUT2D eigenvalue weighted by Crippen LogP contribution is 2.41. The maximum Gasteiger partial charge on any atom is 0.490 e. The van der Waals surface area contributed by atoms with Crippen LogP contribution >= 0.6 is 46.5 Å². The predicted octanol–water partition coefficient (Wildman–Crippen LogP) is 1.93. The number of halogens is 4. The van der Waals surface area contributed by atoms with Crippen LogP contribution in [0.15, 0.2) is 33.9 Å². The molecule has 0 spiro atoms. The number of nitrogen functional groups attached to an aromatic ring is 1. The van der Waals surface area contributed by atoms with E-state index in [1.165, 1.54) is 35.0 Å². The number of phenols is 2. The smallest absolute Gasteiger partial charge is 0.490 e. The van der Waals surface area contributed by atoms with Gasteiger partial charge in [-0.25, -0.2) is 19.4 Å². The van der Waals surface area contributed by atoms with Gasteiger partial charge in [-0.1, -0.05) is 16.8 Å². The van der Waals surface area contributed by atoms with Gasteiger partial charge in [-0.05, 0) is 30.5 Å². The number of carbonyl (C=O) groups excluding carboxylic acids is 3. The second kappa shape index (κ2) is 19.4. The molecule has 3 amide bonds. The Morgan fingerprint density at radius 2 is 1.82 bits per heavy atom. The molecule has 1 unspecified atom stereocenters. The van der Waals surface area contributed by atoms with Gasteiger partial charge in [0.05, 0.1) is 10.6 Å². The van der Waals surface area contributed by atoms with Crippen molar-refractivity contribution in [3.05, 3.63) is 45.1 Å². The minimum absolute atomic E-state index is 0.00646. The number of hydrogen-bond acceptors (Lipinski definition) is 16. The Hall–Kier alpha value is -4.98. The average molecular weight is 885 g/mol. The number of ether oxygens (including phenoxy) is 1. The molecule has 0 radical (unpaired) electrons. The minimum atomic E-state index is -5.08. The number of nitrogens with zero attached hydrogens (tertiary/aromatic N) is 3. The van der Waals surface area contributed by atoms with E-state index in [0.717, 1.165) is 22.3 Å². The molecule has 3 aliphatic rings.